The third-order valence-electron chi connectivity index (χ3n) is 4.19. The predicted octanol–water partition coefficient (Wildman–Crippen LogP) is 0.156. The number of likely N-dealkylation sites (N-methyl/N-ethyl adjacent to an activating group) is 1. The maximum atomic E-state index is 12.2. The van der Waals surface area contributed by atoms with Gasteiger partial charge in [0.2, 0.25) is 5.91 Å². The van der Waals surface area contributed by atoms with Crippen molar-refractivity contribution in [2.45, 2.75) is 25.7 Å². The van der Waals surface area contributed by atoms with Crippen molar-refractivity contribution < 1.29 is 14.7 Å². The normalized spacial score (nSPS) is 29.9. The van der Waals surface area contributed by atoms with Crippen LogP contribution in [-0.2, 0) is 9.59 Å². The van der Waals surface area contributed by atoms with Gasteiger partial charge in [-0.3, -0.25) is 15.0 Å². The van der Waals surface area contributed by atoms with Crippen molar-refractivity contribution in [2.24, 2.45) is 11.8 Å². The molecule has 0 bridgehead atoms. The Morgan fingerprint density at radius 3 is 2.21 bits per heavy atom. The van der Waals surface area contributed by atoms with Crippen LogP contribution in [0.25, 0.3) is 0 Å². The van der Waals surface area contributed by atoms with Crippen LogP contribution >= 0.6 is 0 Å². The molecule has 6 heteroatoms. The van der Waals surface area contributed by atoms with Gasteiger partial charge in [-0.05, 0) is 19.9 Å². The van der Waals surface area contributed by atoms with E-state index < -0.39 is 11.9 Å². The first-order valence-corrected chi connectivity index (χ1v) is 7.04. The molecular weight excluding hydrogens is 246 g/mol. The number of nitrogens with one attached hydrogen (secondary N) is 1. The Labute approximate surface area is 113 Å². The first kappa shape index (κ1) is 14.3. The highest BCUT2D eigenvalue weighted by Crippen LogP contribution is 2.30. The number of nitrogens with zero attached hydrogens (tertiary/aromatic N) is 2. The van der Waals surface area contributed by atoms with Crippen LogP contribution in [0.1, 0.15) is 25.7 Å². The molecule has 2 N–H and O–H groups in total. The summed E-state index contributed by atoms with van der Waals surface area (Å²) in [6.45, 7) is 3.44. The molecule has 1 saturated heterocycles. The highest BCUT2D eigenvalue weighted by Gasteiger charge is 2.36. The molecule has 108 valence electrons. The van der Waals surface area contributed by atoms with E-state index in [1.165, 1.54) is 0 Å². The maximum absolute atomic E-state index is 12.2. The van der Waals surface area contributed by atoms with Crippen LogP contribution < -0.4 is 5.43 Å². The lowest BCUT2D eigenvalue weighted by Gasteiger charge is -2.35. The highest BCUT2D eigenvalue weighted by atomic mass is 16.4. The van der Waals surface area contributed by atoms with Crippen molar-refractivity contribution in [1.82, 2.24) is 15.3 Å². The second-order valence-corrected chi connectivity index (χ2v) is 5.60. The third kappa shape index (κ3) is 3.67. The van der Waals surface area contributed by atoms with E-state index in [4.69, 9.17) is 0 Å². The standard InChI is InChI=1S/C13H23N3O3/c1-15-6-8-16(9-7-15)14-12(17)10-4-2-3-5-11(10)13(18)19/h10-11H,2-9H2,1H3,(H,14,17)(H,18,19)/t10-,11-/m1/s1. The molecule has 19 heavy (non-hydrogen) atoms. The predicted molar refractivity (Wildman–Crippen MR) is 70.3 cm³/mol. The molecule has 2 aliphatic rings. The van der Waals surface area contributed by atoms with Crippen molar-refractivity contribution in [3.8, 4) is 0 Å². The van der Waals surface area contributed by atoms with Crippen LogP contribution in [-0.4, -0.2) is 60.1 Å². The number of rotatable bonds is 3. The Morgan fingerprint density at radius 1 is 1.05 bits per heavy atom. The van der Waals surface area contributed by atoms with Crippen LogP contribution in [0.4, 0.5) is 0 Å². The van der Waals surface area contributed by atoms with Crippen LogP contribution in [0, 0.1) is 11.8 Å². The molecule has 1 heterocycles. The number of amides is 1. The lowest BCUT2D eigenvalue weighted by atomic mass is 9.79. The van der Waals surface area contributed by atoms with E-state index in [1.54, 1.807) is 0 Å². The van der Waals surface area contributed by atoms with Gasteiger partial charge < -0.3 is 10.0 Å². The van der Waals surface area contributed by atoms with E-state index in [2.05, 4.69) is 17.4 Å². The summed E-state index contributed by atoms with van der Waals surface area (Å²) in [6, 6.07) is 0. The molecule has 0 aromatic heterocycles. The van der Waals surface area contributed by atoms with Gasteiger partial charge in [-0.1, -0.05) is 12.8 Å². The van der Waals surface area contributed by atoms with Crippen LogP contribution in [0.15, 0.2) is 0 Å². The van der Waals surface area contributed by atoms with Gasteiger partial charge >= 0.3 is 5.97 Å². The van der Waals surface area contributed by atoms with Crippen LogP contribution in [0.3, 0.4) is 0 Å². The molecule has 2 fully saturated rings. The number of carbonyl (C=O) groups excluding carboxylic acids is 1. The van der Waals surface area contributed by atoms with E-state index in [9.17, 15) is 14.7 Å². The minimum absolute atomic E-state index is 0.114. The summed E-state index contributed by atoms with van der Waals surface area (Å²) in [4.78, 5) is 25.6. The lowest BCUT2D eigenvalue weighted by Crippen LogP contribution is -2.54. The molecule has 0 aromatic rings. The summed E-state index contributed by atoms with van der Waals surface area (Å²) in [5.74, 6) is -1.83. The Kier molecular flexibility index (Phi) is 4.76. The average Bonchev–Trinajstić information content (AvgIpc) is 2.41. The minimum Gasteiger partial charge on any atom is -0.481 e. The Balaban J connectivity index is 1.89. The van der Waals surface area contributed by atoms with Crippen LogP contribution in [0.2, 0.25) is 0 Å². The molecule has 1 aliphatic heterocycles. The van der Waals surface area contributed by atoms with Gasteiger partial charge in [-0.2, -0.15) is 0 Å². The van der Waals surface area contributed by atoms with Gasteiger partial charge in [-0.15, -0.1) is 0 Å². The van der Waals surface area contributed by atoms with E-state index in [0.717, 1.165) is 39.0 Å². The van der Waals surface area contributed by atoms with Gasteiger partial charge in [0.25, 0.3) is 0 Å². The summed E-state index contributed by atoms with van der Waals surface area (Å²) in [5.41, 5.74) is 2.90. The topological polar surface area (TPSA) is 72.9 Å². The fourth-order valence-electron chi connectivity index (χ4n) is 2.90. The molecule has 6 nitrogen and oxygen atoms in total. The summed E-state index contributed by atoms with van der Waals surface area (Å²) >= 11 is 0. The number of aliphatic carboxylic acids is 1. The first-order chi connectivity index (χ1) is 9.08. The Bertz CT molecular complexity index is 340. The fraction of sp³-hybridized carbons (Fsp3) is 0.846. The number of hydrogen-bond acceptors (Lipinski definition) is 4. The summed E-state index contributed by atoms with van der Waals surface area (Å²) in [6.07, 6.45) is 3.17. The summed E-state index contributed by atoms with van der Waals surface area (Å²) in [5, 5.41) is 11.1. The number of hydrazine groups is 1. The Morgan fingerprint density at radius 2 is 1.63 bits per heavy atom. The number of carbonyl (C=O) groups is 2. The number of carboxylic acids is 1. The molecule has 0 unspecified atom stereocenters. The Hall–Kier alpha value is -1.14. The largest absolute Gasteiger partial charge is 0.481 e. The van der Waals surface area contributed by atoms with E-state index in [-0.39, 0.29) is 11.8 Å². The van der Waals surface area contributed by atoms with Gasteiger partial charge in [0.05, 0.1) is 11.8 Å². The summed E-state index contributed by atoms with van der Waals surface area (Å²) < 4.78 is 0. The molecular formula is C13H23N3O3. The SMILES string of the molecule is CN1CCN(NC(=O)[C@@H]2CCCC[C@H]2C(=O)O)CC1. The van der Waals surface area contributed by atoms with Crippen LogP contribution in [0.5, 0.6) is 0 Å². The zero-order chi connectivity index (χ0) is 13.8. The molecule has 1 amide bonds. The lowest BCUT2D eigenvalue weighted by molar-refractivity contribution is -0.150. The van der Waals surface area contributed by atoms with Crippen molar-refractivity contribution in [2.75, 3.05) is 33.2 Å². The van der Waals surface area contributed by atoms with Crippen molar-refractivity contribution >= 4 is 11.9 Å². The van der Waals surface area contributed by atoms with Crippen molar-refractivity contribution in [3.05, 3.63) is 0 Å². The molecule has 0 aromatic carbocycles. The molecule has 2 rings (SSSR count). The molecule has 0 spiro atoms. The molecule has 0 radical (unpaired) electrons. The smallest absolute Gasteiger partial charge is 0.307 e. The van der Waals surface area contributed by atoms with Gasteiger partial charge in [-0.25, -0.2) is 5.01 Å². The molecule has 2 atom stereocenters. The number of piperazine rings is 1. The fourth-order valence-corrected chi connectivity index (χ4v) is 2.90. The van der Waals surface area contributed by atoms with E-state index in [0.29, 0.717) is 12.8 Å². The van der Waals surface area contributed by atoms with Crippen molar-refractivity contribution in [1.29, 1.82) is 0 Å². The van der Waals surface area contributed by atoms with E-state index >= 15 is 0 Å². The van der Waals surface area contributed by atoms with Gasteiger partial charge in [0, 0.05) is 26.2 Å². The monoisotopic (exact) mass is 269 g/mol. The third-order valence-corrected chi connectivity index (χ3v) is 4.19. The molecule has 1 saturated carbocycles. The second kappa shape index (κ2) is 6.34. The minimum atomic E-state index is -0.835. The average molecular weight is 269 g/mol. The quantitative estimate of drug-likeness (QED) is 0.763. The van der Waals surface area contributed by atoms with Crippen molar-refractivity contribution in [3.63, 3.8) is 0 Å². The highest BCUT2D eigenvalue weighted by molar-refractivity contribution is 5.84. The zero-order valence-corrected chi connectivity index (χ0v) is 11.5. The number of hydrogen-bond donors (Lipinski definition) is 2. The maximum Gasteiger partial charge on any atom is 0.307 e. The zero-order valence-electron chi connectivity index (χ0n) is 11.5. The van der Waals surface area contributed by atoms with Gasteiger partial charge in [0.1, 0.15) is 0 Å². The van der Waals surface area contributed by atoms with Gasteiger partial charge in [0.15, 0.2) is 0 Å². The summed E-state index contributed by atoms with van der Waals surface area (Å²) in [7, 11) is 2.06. The van der Waals surface area contributed by atoms with E-state index in [1.807, 2.05) is 5.01 Å². The first-order valence-electron chi connectivity index (χ1n) is 7.04. The number of carboxylic acid groups (broad SMARTS) is 1. The second-order valence-electron chi connectivity index (χ2n) is 5.60. The molecule has 1 aliphatic carbocycles.